The van der Waals surface area contributed by atoms with Gasteiger partial charge in [-0.05, 0) is 71.3 Å². The molecule has 0 aliphatic heterocycles. The summed E-state index contributed by atoms with van der Waals surface area (Å²) in [5, 5.41) is 9.08. The number of rotatable bonds is 8. The third-order valence-electron chi connectivity index (χ3n) is 6.65. The van der Waals surface area contributed by atoms with Crippen molar-refractivity contribution in [3.63, 3.8) is 0 Å². The van der Waals surface area contributed by atoms with Crippen molar-refractivity contribution in [2.75, 3.05) is 7.05 Å². The molecule has 1 N–H and O–H groups in total. The number of allylic oxidation sites excluding steroid dienone is 1. The van der Waals surface area contributed by atoms with Crippen LogP contribution in [0.25, 0.3) is 22.3 Å². The number of carboxylic acids is 1. The van der Waals surface area contributed by atoms with E-state index in [9.17, 15) is 9.59 Å². The summed E-state index contributed by atoms with van der Waals surface area (Å²) in [5.41, 5.74) is 8.09. The van der Waals surface area contributed by atoms with Crippen LogP contribution in [-0.4, -0.2) is 34.8 Å². The number of carbonyl (C=O) groups is 1. The highest BCUT2D eigenvalue weighted by Gasteiger charge is 2.45. The molecule has 1 heterocycles. The van der Waals surface area contributed by atoms with Crippen molar-refractivity contribution in [3.05, 3.63) is 94.0 Å². The fourth-order valence-electron chi connectivity index (χ4n) is 4.55. The molecule has 1 unspecified atom stereocenters. The fraction of sp³-hybridized carbons (Fsp3) is 0.267. The number of hydrogen-bond acceptors (Lipinski definition) is 5. The SMILES string of the molecule is C=C(/N=C\C(=N/C)OCc1cccc(-c2c(C)cc(-c3ccc(=O)n(C)c3)cc2C)c1)C1C[C@H]1C(=O)O. The maximum Gasteiger partial charge on any atom is 0.307 e. The molecule has 1 saturated carbocycles. The molecule has 0 amide bonds. The molecule has 1 aliphatic carbocycles. The Morgan fingerprint density at radius 2 is 1.84 bits per heavy atom. The Labute approximate surface area is 216 Å². The van der Waals surface area contributed by atoms with E-state index in [1.54, 1.807) is 24.7 Å². The van der Waals surface area contributed by atoms with Gasteiger partial charge in [0.2, 0.25) is 11.5 Å². The quantitative estimate of drug-likeness (QED) is 0.343. The minimum Gasteiger partial charge on any atom is -0.481 e. The van der Waals surface area contributed by atoms with Crippen molar-refractivity contribution >= 4 is 18.1 Å². The number of aromatic nitrogens is 1. The molecule has 190 valence electrons. The summed E-state index contributed by atoms with van der Waals surface area (Å²) in [6.45, 7) is 8.38. The van der Waals surface area contributed by atoms with E-state index < -0.39 is 11.9 Å². The van der Waals surface area contributed by atoms with Gasteiger partial charge in [0.05, 0.1) is 12.1 Å². The Morgan fingerprint density at radius 1 is 1.11 bits per heavy atom. The number of pyridine rings is 1. The highest BCUT2D eigenvalue weighted by molar-refractivity contribution is 6.26. The van der Waals surface area contributed by atoms with Gasteiger partial charge in [-0.1, -0.05) is 36.9 Å². The number of nitrogens with zero attached hydrogens (tertiary/aromatic N) is 3. The van der Waals surface area contributed by atoms with E-state index in [1.807, 2.05) is 24.4 Å². The summed E-state index contributed by atoms with van der Waals surface area (Å²) in [6, 6.07) is 15.9. The second-order valence-electron chi connectivity index (χ2n) is 9.44. The van der Waals surface area contributed by atoms with Crippen molar-refractivity contribution in [1.29, 1.82) is 0 Å². The smallest absolute Gasteiger partial charge is 0.307 e. The van der Waals surface area contributed by atoms with Gasteiger partial charge in [0.15, 0.2) is 0 Å². The Bertz CT molecular complexity index is 1460. The molecule has 37 heavy (non-hydrogen) atoms. The highest BCUT2D eigenvalue weighted by Crippen LogP contribution is 2.44. The number of aliphatic carboxylic acids is 1. The number of benzene rings is 2. The molecule has 2 aromatic carbocycles. The summed E-state index contributed by atoms with van der Waals surface area (Å²) < 4.78 is 7.45. The van der Waals surface area contributed by atoms with Gasteiger partial charge in [-0.25, -0.2) is 0 Å². The van der Waals surface area contributed by atoms with E-state index >= 15 is 0 Å². The van der Waals surface area contributed by atoms with E-state index in [0.717, 1.165) is 38.9 Å². The van der Waals surface area contributed by atoms with Crippen molar-refractivity contribution < 1.29 is 14.6 Å². The summed E-state index contributed by atoms with van der Waals surface area (Å²) in [4.78, 5) is 31.2. The first kappa shape index (κ1) is 25.8. The van der Waals surface area contributed by atoms with Crippen LogP contribution in [0.4, 0.5) is 0 Å². The highest BCUT2D eigenvalue weighted by atomic mass is 16.5. The molecule has 2 atom stereocenters. The number of ether oxygens (including phenoxy) is 1. The number of carboxylic acid groups (broad SMARTS) is 1. The van der Waals surface area contributed by atoms with Gasteiger partial charge in [-0.15, -0.1) is 0 Å². The largest absolute Gasteiger partial charge is 0.481 e. The second kappa shape index (κ2) is 10.8. The molecule has 4 rings (SSSR count). The van der Waals surface area contributed by atoms with E-state index in [4.69, 9.17) is 9.84 Å². The molecule has 3 aromatic rings. The number of aryl methyl sites for hydroxylation is 3. The van der Waals surface area contributed by atoms with E-state index in [2.05, 4.69) is 54.7 Å². The predicted octanol–water partition coefficient (Wildman–Crippen LogP) is 5.19. The average molecular weight is 498 g/mol. The zero-order valence-corrected chi connectivity index (χ0v) is 21.6. The molecule has 0 bridgehead atoms. The average Bonchev–Trinajstić information content (AvgIpc) is 3.67. The van der Waals surface area contributed by atoms with Crippen LogP contribution in [0.5, 0.6) is 0 Å². The van der Waals surface area contributed by atoms with Crippen LogP contribution in [0.1, 0.15) is 23.1 Å². The fourth-order valence-corrected chi connectivity index (χ4v) is 4.55. The maximum atomic E-state index is 11.8. The molecule has 1 aromatic heterocycles. The normalized spacial score (nSPS) is 17.1. The standard InChI is InChI=1S/C30H31N3O4/c1-18-11-24(23-9-10-28(34)33(5)16-23)12-19(2)29(18)22-8-6-7-21(13-22)17-37-27(31-4)15-32-20(3)25-14-26(25)30(35)36/h6-13,15-16,25-26H,3,14,17H2,1-2,4-5H3,(H,35,36)/b31-27+,32-15-/t25?,26-/m1/s1. The van der Waals surface area contributed by atoms with Crippen LogP contribution in [0, 0.1) is 25.7 Å². The molecular weight excluding hydrogens is 466 g/mol. The third kappa shape index (κ3) is 5.94. The third-order valence-corrected chi connectivity index (χ3v) is 6.65. The van der Waals surface area contributed by atoms with Gasteiger partial charge >= 0.3 is 5.97 Å². The van der Waals surface area contributed by atoms with Crippen molar-refractivity contribution in [3.8, 4) is 22.3 Å². The molecule has 0 radical (unpaired) electrons. The van der Waals surface area contributed by atoms with Crippen molar-refractivity contribution in [2.45, 2.75) is 26.9 Å². The van der Waals surface area contributed by atoms with Gasteiger partial charge in [0.25, 0.3) is 0 Å². The topological polar surface area (TPSA) is 93.3 Å². The summed E-state index contributed by atoms with van der Waals surface area (Å²) >= 11 is 0. The first-order valence-electron chi connectivity index (χ1n) is 12.1. The van der Waals surface area contributed by atoms with Crippen LogP contribution < -0.4 is 5.56 Å². The molecule has 0 saturated heterocycles. The second-order valence-corrected chi connectivity index (χ2v) is 9.44. The van der Waals surface area contributed by atoms with Gasteiger partial charge in [-0.3, -0.25) is 19.6 Å². The molecule has 1 fully saturated rings. The summed E-state index contributed by atoms with van der Waals surface area (Å²) in [5.74, 6) is -0.963. The minimum absolute atomic E-state index is 0.0323. The number of hydrogen-bond donors (Lipinski definition) is 1. The van der Waals surface area contributed by atoms with Gasteiger partial charge < -0.3 is 14.4 Å². The van der Waals surface area contributed by atoms with Crippen LogP contribution in [-0.2, 0) is 23.2 Å². The lowest BCUT2D eigenvalue weighted by Crippen LogP contribution is -2.13. The van der Waals surface area contributed by atoms with Gasteiger partial charge in [0, 0.05) is 38.0 Å². The lowest BCUT2D eigenvalue weighted by atomic mass is 9.91. The molecular formula is C30H31N3O4. The zero-order valence-electron chi connectivity index (χ0n) is 21.6. The van der Waals surface area contributed by atoms with Crippen molar-refractivity contribution in [2.24, 2.45) is 28.9 Å². The van der Waals surface area contributed by atoms with Crippen LogP contribution in [0.15, 0.2) is 81.8 Å². The van der Waals surface area contributed by atoms with Crippen LogP contribution in [0.3, 0.4) is 0 Å². The van der Waals surface area contributed by atoms with E-state index in [1.165, 1.54) is 6.21 Å². The zero-order chi connectivity index (χ0) is 26.7. The Balaban J connectivity index is 1.47. The van der Waals surface area contributed by atoms with Crippen molar-refractivity contribution in [1.82, 2.24) is 4.57 Å². The van der Waals surface area contributed by atoms with Crippen LogP contribution >= 0.6 is 0 Å². The van der Waals surface area contributed by atoms with E-state index in [0.29, 0.717) is 24.6 Å². The summed E-state index contributed by atoms with van der Waals surface area (Å²) in [7, 11) is 3.38. The minimum atomic E-state index is -0.811. The number of aliphatic imine (C=N–C) groups is 2. The molecule has 1 aliphatic rings. The monoisotopic (exact) mass is 497 g/mol. The maximum absolute atomic E-state index is 11.8. The summed E-state index contributed by atoms with van der Waals surface area (Å²) in [6.07, 6.45) is 3.92. The first-order chi connectivity index (χ1) is 17.7. The predicted molar refractivity (Wildman–Crippen MR) is 147 cm³/mol. The lowest BCUT2D eigenvalue weighted by Gasteiger charge is -2.15. The molecule has 7 nitrogen and oxygen atoms in total. The first-order valence-corrected chi connectivity index (χ1v) is 12.1. The molecule has 0 spiro atoms. The Kier molecular flexibility index (Phi) is 7.53. The molecule has 7 heteroatoms. The Hall–Kier alpha value is -4.26. The lowest BCUT2D eigenvalue weighted by molar-refractivity contribution is -0.138. The van der Waals surface area contributed by atoms with Crippen LogP contribution in [0.2, 0.25) is 0 Å². The Morgan fingerprint density at radius 3 is 2.46 bits per heavy atom. The van der Waals surface area contributed by atoms with Gasteiger partial charge in [0.1, 0.15) is 6.61 Å². The van der Waals surface area contributed by atoms with E-state index in [-0.39, 0.29) is 11.5 Å². The van der Waals surface area contributed by atoms with Gasteiger partial charge in [-0.2, -0.15) is 0 Å².